The molecule has 0 aliphatic rings. The van der Waals surface area contributed by atoms with Crippen LogP contribution in [0.5, 0.6) is 0 Å². The Morgan fingerprint density at radius 3 is 2.25 bits per heavy atom. The van der Waals surface area contributed by atoms with E-state index in [2.05, 4.69) is 5.32 Å². The summed E-state index contributed by atoms with van der Waals surface area (Å²) in [5.74, 6) is 0.606. The Kier molecular flexibility index (Phi) is 11.5. The van der Waals surface area contributed by atoms with Gasteiger partial charge in [-0.25, -0.2) is 0 Å². The number of nitrogens with one attached hydrogen (secondary N) is 1. The fourth-order valence-electron chi connectivity index (χ4n) is 3.67. The monoisotopic (exact) mass is 562 g/mol. The number of nitrogens with zero attached hydrogens (tertiary/aromatic N) is 1. The number of hydrogen-bond donors (Lipinski definition) is 1. The average molecular weight is 564 g/mol. The Morgan fingerprint density at radius 1 is 0.889 bits per heavy atom. The van der Waals surface area contributed by atoms with Crippen LogP contribution in [0.3, 0.4) is 0 Å². The maximum atomic E-state index is 13.6. The molecule has 0 unspecified atom stereocenters. The van der Waals surface area contributed by atoms with E-state index in [1.165, 1.54) is 11.8 Å². The molecule has 0 aromatic heterocycles. The van der Waals surface area contributed by atoms with Gasteiger partial charge in [-0.1, -0.05) is 90.3 Å². The molecule has 36 heavy (non-hydrogen) atoms. The van der Waals surface area contributed by atoms with E-state index in [0.29, 0.717) is 33.8 Å². The van der Waals surface area contributed by atoms with E-state index < -0.39 is 6.04 Å². The molecule has 1 atom stereocenters. The van der Waals surface area contributed by atoms with Crippen molar-refractivity contribution in [3.63, 3.8) is 0 Å². The highest BCUT2D eigenvalue weighted by Crippen LogP contribution is 2.25. The molecule has 0 spiro atoms. The molecule has 8 heteroatoms. The summed E-state index contributed by atoms with van der Waals surface area (Å²) in [7, 11) is 0. The second-order valence-corrected chi connectivity index (χ2v) is 10.6. The Labute approximate surface area is 232 Å². The molecule has 4 nitrogen and oxygen atoms in total. The molecule has 0 saturated heterocycles. The molecule has 0 heterocycles. The van der Waals surface area contributed by atoms with Crippen LogP contribution in [0.15, 0.2) is 72.8 Å². The molecule has 3 aromatic rings. The molecule has 190 valence electrons. The Bertz CT molecular complexity index is 1140. The molecule has 0 aliphatic carbocycles. The van der Waals surface area contributed by atoms with E-state index in [0.717, 1.165) is 23.1 Å². The van der Waals surface area contributed by atoms with Crippen LogP contribution in [0.1, 0.15) is 30.0 Å². The highest BCUT2D eigenvalue weighted by atomic mass is 35.5. The topological polar surface area (TPSA) is 49.4 Å². The summed E-state index contributed by atoms with van der Waals surface area (Å²) in [4.78, 5) is 28.6. The second kappa shape index (κ2) is 14.5. The standard InChI is InChI=1S/C28H29Cl3N2O2S/c1-2-14-32-28(35)26(16-20-6-4-3-5-7-20)33(17-22-10-13-24(30)25(31)15-22)27(34)19-36-18-21-8-11-23(29)12-9-21/h3-13,15,26H,2,14,16-19H2,1H3,(H,32,35)/t26-/m1/s1. The highest BCUT2D eigenvalue weighted by molar-refractivity contribution is 7.99. The van der Waals surface area contributed by atoms with Crippen molar-refractivity contribution in [3.05, 3.63) is 105 Å². The summed E-state index contributed by atoms with van der Waals surface area (Å²) in [6.45, 7) is 2.79. The molecular formula is C28H29Cl3N2O2S. The van der Waals surface area contributed by atoms with Crippen molar-refractivity contribution in [1.82, 2.24) is 10.2 Å². The third-order valence-corrected chi connectivity index (χ3v) is 7.54. The van der Waals surface area contributed by atoms with Gasteiger partial charge in [0.05, 0.1) is 15.8 Å². The first-order chi connectivity index (χ1) is 17.4. The molecule has 2 amide bonds. The minimum Gasteiger partial charge on any atom is -0.354 e. The number of hydrogen-bond acceptors (Lipinski definition) is 3. The molecule has 3 aromatic carbocycles. The van der Waals surface area contributed by atoms with Gasteiger partial charge in [0.1, 0.15) is 6.04 Å². The van der Waals surface area contributed by atoms with Crippen LogP contribution >= 0.6 is 46.6 Å². The smallest absolute Gasteiger partial charge is 0.243 e. The number of benzene rings is 3. The van der Waals surface area contributed by atoms with E-state index in [1.54, 1.807) is 17.0 Å². The van der Waals surface area contributed by atoms with E-state index >= 15 is 0 Å². The summed E-state index contributed by atoms with van der Waals surface area (Å²) in [5.41, 5.74) is 2.87. The van der Waals surface area contributed by atoms with Crippen molar-refractivity contribution in [1.29, 1.82) is 0 Å². The van der Waals surface area contributed by atoms with Gasteiger partial charge in [-0.15, -0.1) is 11.8 Å². The van der Waals surface area contributed by atoms with Crippen molar-refractivity contribution in [3.8, 4) is 0 Å². The molecule has 0 saturated carbocycles. The average Bonchev–Trinajstić information content (AvgIpc) is 2.88. The largest absolute Gasteiger partial charge is 0.354 e. The van der Waals surface area contributed by atoms with Crippen LogP contribution in [-0.2, 0) is 28.3 Å². The van der Waals surface area contributed by atoms with Crippen molar-refractivity contribution >= 4 is 58.4 Å². The number of halogens is 3. The van der Waals surface area contributed by atoms with Gasteiger partial charge in [0.25, 0.3) is 0 Å². The summed E-state index contributed by atoms with van der Waals surface area (Å²) < 4.78 is 0. The fourth-order valence-corrected chi connectivity index (χ4v) is 4.99. The van der Waals surface area contributed by atoms with Gasteiger partial charge in [-0.05, 0) is 47.4 Å². The molecular weight excluding hydrogens is 535 g/mol. The third-order valence-electron chi connectivity index (χ3n) is 5.56. The van der Waals surface area contributed by atoms with Crippen LogP contribution in [-0.4, -0.2) is 35.1 Å². The van der Waals surface area contributed by atoms with Gasteiger partial charge < -0.3 is 10.2 Å². The molecule has 0 fully saturated rings. The summed E-state index contributed by atoms with van der Waals surface area (Å²) in [5, 5.41) is 4.51. The first-order valence-electron chi connectivity index (χ1n) is 11.7. The SMILES string of the molecule is CCCNC(=O)[C@@H](Cc1ccccc1)N(Cc1ccc(Cl)c(Cl)c1)C(=O)CSCc1ccc(Cl)cc1. The van der Waals surface area contributed by atoms with Gasteiger partial charge in [-0.3, -0.25) is 9.59 Å². The Morgan fingerprint density at radius 2 is 1.58 bits per heavy atom. The fraction of sp³-hybridized carbons (Fsp3) is 0.286. The van der Waals surface area contributed by atoms with E-state index in [9.17, 15) is 9.59 Å². The van der Waals surface area contributed by atoms with Crippen LogP contribution in [0, 0.1) is 0 Å². The highest BCUT2D eigenvalue weighted by Gasteiger charge is 2.30. The van der Waals surface area contributed by atoms with Gasteiger partial charge >= 0.3 is 0 Å². The first kappa shape index (κ1) is 28.4. The number of carbonyl (C=O) groups excluding carboxylic acids is 2. The predicted octanol–water partition coefficient (Wildman–Crippen LogP) is 7.05. The Balaban J connectivity index is 1.84. The maximum absolute atomic E-state index is 13.6. The second-order valence-electron chi connectivity index (χ2n) is 8.39. The lowest BCUT2D eigenvalue weighted by atomic mass is 10.0. The molecule has 0 radical (unpaired) electrons. The van der Waals surface area contributed by atoms with Crippen LogP contribution in [0.4, 0.5) is 0 Å². The first-order valence-corrected chi connectivity index (χ1v) is 14.0. The zero-order chi connectivity index (χ0) is 25.9. The van der Waals surface area contributed by atoms with E-state index in [4.69, 9.17) is 34.8 Å². The van der Waals surface area contributed by atoms with Crippen LogP contribution in [0.25, 0.3) is 0 Å². The number of thioether (sulfide) groups is 1. The molecule has 0 bridgehead atoms. The number of amides is 2. The van der Waals surface area contributed by atoms with Gasteiger partial charge in [-0.2, -0.15) is 0 Å². The number of rotatable bonds is 12. The maximum Gasteiger partial charge on any atom is 0.243 e. The Hall–Kier alpha value is -2.18. The van der Waals surface area contributed by atoms with E-state index in [-0.39, 0.29) is 24.1 Å². The van der Waals surface area contributed by atoms with Gasteiger partial charge in [0.2, 0.25) is 11.8 Å². The lowest BCUT2D eigenvalue weighted by Gasteiger charge is -2.31. The van der Waals surface area contributed by atoms with Crippen molar-refractivity contribution in [2.75, 3.05) is 12.3 Å². The van der Waals surface area contributed by atoms with Gasteiger partial charge in [0, 0.05) is 30.3 Å². The lowest BCUT2D eigenvalue weighted by Crippen LogP contribution is -2.51. The minimum atomic E-state index is -0.669. The normalized spacial score (nSPS) is 11.7. The summed E-state index contributed by atoms with van der Waals surface area (Å²) >= 11 is 19.8. The van der Waals surface area contributed by atoms with Gasteiger partial charge in [0.15, 0.2) is 0 Å². The van der Waals surface area contributed by atoms with E-state index in [1.807, 2.05) is 67.6 Å². The molecule has 1 N–H and O–H groups in total. The van der Waals surface area contributed by atoms with Crippen LogP contribution in [0.2, 0.25) is 15.1 Å². The van der Waals surface area contributed by atoms with Crippen LogP contribution < -0.4 is 5.32 Å². The zero-order valence-corrected chi connectivity index (χ0v) is 23.1. The third kappa shape index (κ3) is 8.74. The van der Waals surface area contributed by atoms with Crippen molar-refractivity contribution < 1.29 is 9.59 Å². The minimum absolute atomic E-state index is 0.118. The van der Waals surface area contributed by atoms with Crippen molar-refractivity contribution in [2.45, 2.75) is 38.1 Å². The lowest BCUT2D eigenvalue weighted by molar-refractivity contribution is -0.139. The zero-order valence-electron chi connectivity index (χ0n) is 20.1. The summed E-state index contributed by atoms with van der Waals surface area (Å²) in [6, 6.07) is 21.9. The number of carbonyl (C=O) groups is 2. The molecule has 3 rings (SSSR count). The van der Waals surface area contributed by atoms with Crippen molar-refractivity contribution in [2.24, 2.45) is 0 Å². The predicted molar refractivity (Wildman–Crippen MR) is 152 cm³/mol. The molecule has 0 aliphatic heterocycles. The quantitative estimate of drug-likeness (QED) is 0.257. The summed E-state index contributed by atoms with van der Waals surface area (Å²) in [6.07, 6.45) is 1.22.